The highest BCUT2D eigenvalue weighted by Gasteiger charge is 2.43. The summed E-state index contributed by atoms with van der Waals surface area (Å²) >= 11 is 0. The van der Waals surface area contributed by atoms with Crippen molar-refractivity contribution >= 4 is 0 Å². The van der Waals surface area contributed by atoms with Crippen LogP contribution in [-0.4, -0.2) is 0 Å². The SMILES string of the molecule is CC1(C)CCC(C)(C)C2CCCC=C21. The van der Waals surface area contributed by atoms with Gasteiger partial charge in [0, 0.05) is 0 Å². The van der Waals surface area contributed by atoms with Gasteiger partial charge in [-0.3, -0.25) is 0 Å². The van der Waals surface area contributed by atoms with E-state index in [0.717, 1.165) is 5.92 Å². The van der Waals surface area contributed by atoms with Crippen LogP contribution in [0.25, 0.3) is 0 Å². The Hall–Kier alpha value is -0.260. The normalized spacial score (nSPS) is 34.6. The lowest BCUT2D eigenvalue weighted by atomic mass is 9.55. The maximum atomic E-state index is 2.55. The number of hydrogen-bond acceptors (Lipinski definition) is 0. The molecule has 2 aliphatic rings. The zero-order valence-electron chi connectivity index (χ0n) is 10.2. The molecule has 0 saturated heterocycles. The molecule has 0 N–H and O–H groups in total. The number of rotatable bonds is 0. The van der Waals surface area contributed by atoms with Gasteiger partial charge in [-0.1, -0.05) is 39.3 Å². The second kappa shape index (κ2) is 3.12. The summed E-state index contributed by atoms with van der Waals surface area (Å²) in [5.74, 6) is 0.875. The first-order valence-corrected chi connectivity index (χ1v) is 6.14. The van der Waals surface area contributed by atoms with Crippen molar-refractivity contribution in [2.24, 2.45) is 16.7 Å². The first-order chi connectivity index (χ1) is 6.43. The fourth-order valence-electron chi connectivity index (χ4n) is 3.39. The third kappa shape index (κ3) is 1.53. The van der Waals surface area contributed by atoms with Gasteiger partial charge in [0.1, 0.15) is 0 Å². The van der Waals surface area contributed by atoms with Gasteiger partial charge in [-0.15, -0.1) is 0 Å². The van der Waals surface area contributed by atoms with E-state index in [2.05, 4.69) is 33.8 Å². The van der Waals surface area contributed by atoms with Crippen LogP contribution in [0.15, 0.2) is 11.6 Å². The largest absolute Gasteiger partial charge is 0.0845 e. The highest BCUT2D eigenvalue weighted by Crippen LogP contribution is 2.55. The Kier molecular flexibility index (Phi) is 2.28. The molecule has 2 aliphatic carbocycles. The van der Waals surface area contributed by atoms with Crippen LogP contribution in [-0.2, 0) is 0 Å². The molecule has 2 rings (SSSR count). The van der Waals surface area contributed by atoms with Gasteiger partial charge in [-0.2, -0.15) is 0 Å². The van der Waals surface area contributed by atoms with Crippen LogP contribution in [0.5, 0.6) is 0 Å². The second-order valence-electron chi connectivity index (χ2n) is 6.52. The molecule has 0 aromatic carbocycles. The predicted molar refractivity (Wildman–Crippen MR) is 62.2 cm³/mol. The van der Waals surface area contributed by atoms with Crippen LogP contribution >= 0.6 is 0 Å². The standard InChI is InChI=1S/C14H24/c1-13(2)9-10-14(3,4)12-8-6-5-7-11(12)13/h7,12H,5-6,8-10H2,1-4H3. The van der Waals surface area contributed by atoms with Crippen molar-refractivity contribution in [1.82, 2.24) is 0 Å². The first kappa shape index (κ1) is 10.3. The second-order valence-corrected chi connectivity index (χ2v) is 6.52. The lowest BCUT2D eigenvalue weighted by molar-refractivity contribution is 0.109. The molecule has 1 unspecified atom stereocenters. The van der Waals surface area contributed by atoms with Gasteiger partial charge in [-0.05, 0) is 48.9 Å². The number of allylic oxidation sites excluding steroid dienone is 2. The van der Waals surface area contributed by atoms with Gasteiger partial charge in [-0.25, -0.2) is 0 Å². The van der Waals surface area contributed by atoms with Gasteiger partial charge in [0.15, 0.2) is 0 Å². The van der Waals surface area contributed by atoms with Gasteiger partial charge >= 0.3 is 0 Å². The molecule has 80 valence electrons. The summed E-state index contributed by atoms with van der Waals surface area (Å²) in [4.78, 5) is 0. The number of fused-ring (bicyclic) bond motifs is 1. The van der Waals surface area contributed by atoms with Crippen molar-refractivity contribution in [3.05, 3.63) is 11.6 Å². The average Bonchev–Trinajstić information content (AvgIpc) is 2.14. The zero-order valence-corrected chi connectivity index (χ0v) is 10.2. The average molecular weight is 192 g/mol. The van der Waals surface area contributed by atoms with E-state index in [1.165, 1.54) is 32.1 Å². The fourth-order valence-corrected chi connectivity index (χ4v) is 3.39. The molecule has 0 radical (unpaired) electrons. The molecule has 0 bridgehead atoms. The van der Waals surface area contributed by atoms with Gasteiger partial charge < -0.3 is 0 Å². The summed E-state index contributed by atoms with van der Waals surface area (Å²) < 4.78 is 0. The smallest absolute Gasteiger partial charge is 0.0142 e. The Balaban J connectivity index is 2.35. The molecular weight excluding hydrogens is 168 g/mol. The van der Waals surface area contributed by atoms with Crippen LogP contribution in [0.3, 0.4) is 0 Å². The fraction of sp³-hybridized carbons (Fsp3) is 0.857. The van der Waals surface area contributed by atoms with Crippen molar-refractivity contribution in [1.29, 1.82) is 0 Å². The molecule has 0 spiro atoms. The highest BCUT2D eigenvalue weighted by atomic mass is 14.5. The topological polar surface area (TPSA) is 0 Å². The molecule has 0 aliphatic heterocycles. The van der Waals surface area contributed by atoms with Gasteiger partial charge in [0.2, 0.25) is 0 Å². The van der Waals surface area contributed by atoms with Crippen molar-refractivity contribution < 1.29 is 0 Å². The molecule has 1 fully saturated rings. The van der Waals surface area contributed by atoms with Crippen LogP contribution in [0.1, 0.15) is 59.8 Å². The Morgan fingerprint density at radius 3 is 2.50 bits per heavy atom. The van der Waals surface area contributed by atoms with E-state index < -0.39 is 0 Å². The monoisotopic (exact) mass is 192 g/mol. The maximum absolute atomic E-state index is 2.55. The van der Waals surface area contributed by atoms with Crippen LogP contribution in [0.2, 0.25) is 0 Å². The van der Waals surface area contributed by atoms with E-state index in [9.17, 15) is 0 Å². The van der Waals surface area contributed by atoms with Crippen molar-refractivity contribution in [3.63, 3.8) is 0 Å². The van der Waals surface area contributed by atoms with E-state index in [4.69, 9.17) is 0 Å². The Bertz CT molecular complexity index is 255. The molecule has 0 nitrogen and oxygen atoms in total. The molecule has 1 atom stereocenters. The van der Waals surface area contributed by atoms with E-state index in [-0.39, 0.29) is 0 Å². The van der Waals surface area contributed by atoms with Crippen LogP contribution in [0, 0.1) is 16.7 Å². The molecule has 1 saturated carbocycles. The van der Waals surface area contributed by atoms with E-state index in [1.54, 1.807) is 5.57 Å². The summed E-state index contributed by atoms with van der Waals surface area (Å²) in [6.45, 7) is 9.80. The van der Waals surface area contributed by atoms with E-state index in [0.29, 0.717) is 10.8 Å². The molecular formula is C14H24. The molecule has 0 amide bonds. The van der Waals surface area contributed by atoms with Crippen LogP contribution < -0.4 is 0 Å². The van der Waals surface area contributed by atoms with Crippen molar-refractivity contribution in [2.45, 2.75) is 59.8 Å². The quantitative estimate of drug-likeness (QED) is 0.494. The maximum Gasteiger partial charge on any atom is -0.0142 e. The lowest BCUT2D eigenvalue weighted by Gasteiger charge is -2.50. The third-order valence-electron chi connectivity index (χ3n) is 4.56. The summed E-state index contributed by atoms with van der Waals surface area (Å²) in [5.41, 5.74) is 2.82. The minimum absolute atomic E-state index is 0.487. The Labute approximate surface area is 88.8 Å². The van der Waals surface area contributed by atoms with E-state index >= 15 is 0 Å². The van der Waals surface area contributed by atoms with E-state index in [1.807, 2.05) is 0 Å². The van der Waals surface area contributed by atoms with Crippen LogP contribution in [0.4, 0.5) is 0 Å². The van der Waals surface area contributed by atoms with Crippen molar-refractivity contribution in [3.8, 4) is 0 Å². The molecule has 0 heterocycles. The minimum atomic E-state index is 0.487. The first-order valence-electron chi connectivity index (χ1n) is 6.14. The van der Waals surface area contributed by atoms with Gasteiger partial charge in [0.25, 0.3) is 0 Å². The molecule has 14 heavy (non-hydrogen) atoms. The molecule has 0 aromatic heterocycles. The Morgan fingerprint density at radius 2 is 1.86 bits per heavy atom. The highest BCUT2D eigenvalue weighted by molar-refractivity contribution is 5.23. The minimum Gasteiger partial charge on any atom is -0.0845 e. The zero-order chi connectivity index (χ0) is 10.4. The van der Waals surface area contributed by atoms with Crippen molar-refractivity contribution in [2.75, 3.05) is 0 Å². The summed E-state index contributed by atoms with van der Waals surface area (Å²) in [6, 6.07) is 0. The summed E-state index contributed by atoms with van der Waals surface area (Å²) in [5, 5.41) is 0. The lowest BCUT2D eigenvalue weighted by Crippen LogP contribution is -2.39. The Morgan fingerprint density at radius 1 is 1.14 bits per heavy atom. The van der Waals surface area contributed by atoms with Gasteiger partial charge in [0.05, 0.1) is 0 Å². The summed E-state index contributed by atoms with van der Waals surface area (Å²) in [6.07, 6.45) is 9.50. The number of hydrogen-bond donors (Lipinski definition) is 0. The molecule has 0 heteroatoms. The molecule has 0 aromatic rings. The third-order valence-corrected chi connectivity index (χ3v) is 4.56. The summed E-state index contributed by atoms with van der Waals surface area (Å²) in [7, 11) is 0. The predicted octanol–water partition coefficient (Wildman–Crippen LogP) is 4.56.